The first-order chi connectivity index (χ1) is 25.7. The molecule has 1 rings (SSSR count). The van der Waals surface area contributed by atoms with Crippen LogP contribution in [-0.4, -0.2) is 115 Å². The molecular formula is C33H58N14O7. The SMILES string of the molecule is N=C(N)NCCC[C@H](NC(=O)[C@H](CCCNC(=N)N)NC(=O)[C@H](CCCN)NC(=O)CNC(=O)[C@@H](N)Cc1ccccc1)C(=O)N[C@@H](CCCN)C(=O)O. The molecule has 21 nitrogen and oxygen atoms in total. The lowest BCUT2D eigenvalue weighted by Gasteiger charge is -2.26. The topological polar surface area (TPSA) is 385 Å². The van der Waals surface area contributed by atoms with Gasteiger partial charge in [-0.2, -0.15) is 0 Å². The Balaban J connectivity index is 3.12. The Morgan fingerprint density at radius 1 is 0.611 bits per heavy atom. The summed E-state index contributed by atoms with van der Waals surface area (Å²) in [4.78, 5) is 77.9. The molecule has 0 radical (unpaired) electrons. The molecule has 54 heavy (non-hydrogen) atoms. The van der Waals surface area contributed by atoms with Crippen LogP contribution in [0.15, 0.2) is 30.3 Å². The zero-order chi connectivity index (χ0) is 40.5. The molecule has 0 aliphatic rings. The third-order valence-electron chi connectivity index (χ3n) is 7.95. The van der Waals surface area contributed by atoms with Crippen LogP contribution in [0.25, 0.3) is 0 Å². The highest BCUT2D eigenvalue weighted by Gasteiger charge is 2.31. The van der Waals surface area contributed by atoms with E-state index in [4.69, 9.17) is 39.5 Å². The number of nitrogens with one attached hydrogen (secondary N) is 9. The number of hydrogen-bond donors (Lipinski definition) is 15. The predicted molar refractivity (Wildman–Crippen MR) is 201 cm³/mol. The highest BCUT2D eigenvalue weighted by Crippen LogP contribution is 2.07. The van der Waals surface area contributed by atoms with Gasteiger partial charge < -0.3 is 71.0 Å². The van der Waals surface area contributed by atoms with Crippen LogP contribution >= 0.6 is 0 Å². The standard InChI is InChI=1S/C33H58N14O7/c34-14-4-10-22(44-26(48)19-43-27(49)21(36)18-20-8-2-1-3-9-20)28(50)45-23(12-6-16-41-32(37)38)29(51)46-24(13-7-17-42-33(39)40)30(52)47-25(31(53)54)11-5-15-35/h1-3,8-9,21-25H,4-7,10-19,34-36H2,(H,43,49)(H,44,48)(H,45,50)(H,46,51)(H,47,52)(H,53,54)(H4,37,38,41)(H4,39,40,42)/t21-,22-,23-,24-,25-/m0/s1. The van der Waals surface area contributed by atoms with Crippen LogP contribution in [-0.2, 0) is 35.2 Å². The Hall–Kier alpha value is -5.54. The molecule has 0 heterocycles. The second-order valence-corrected chi connectivity index (χ2v) is 12.5. The first-order valence-corrected chi connectivity index (χ1v) is 17.7. The maximum absolute atomic E-state index is 13.7. The van der Waals surface area contributed by atoms with Gasteiger partial charge in [-0.1, -0.05) is 30.3 Å². The highest BCUT2D eigenvalue weighted by atomic mass is 16.4. The van der Waals surface area contributed by atoms with Gasteiger partial charge in [0.25, 0.3) is 0 Å². The molecule has 0 aliphatic heterocycles. The van der Waals surface area contributed by atoms with Gasteiger partial charge in [-0.3, -0.25) is 34.8 Å². The molecule has 1 aromatic carbocycles. The summed E-state index contributed by atoms with van der Waals surface area (Å²) >= 11 is 0. The van der Waals surface area contributed by atoms with Crippen molar-refractivity contribution >= 4 is 47.4 Å². The van der Waals surface area contributed by atoms with E-state index in [9.17, 15) is 33.9 Å². The summed E-state index contributed by atoms with van der Waals surface area (Å²) in [7, 11) is 0. The van der Waals surface area contributed by atoms with Crippen LogP contribution in [0.4, 0.5) is 0 Å². The minimum atomic E-state index is -1.29. The van der Waals surface area contributed by atoms with E-state index in [1.807, 2.05) is 30.3 Å². The lowest BCUT2D eigenvalue weighted by Crippen LogP contribution is -2.58. The maximum Gasteiger partial charge on any atom is 0.326 e. The van der Waals surface area contributed by atoms with Gasteiger partial charge in [0, 0.05) is 13.1 Å². The van der Waals surface area contributed by atoms with Gasteiger partial charge in [0.15, 0.2) is 11.9 Å². The smallest absolute Gasteiger partial charge is 0.326 e. The zero-order valence-electron chi connectivity index (χ0n) is 30.5. The molecule has 1 aromatic rings. The Morgan fingerprint density at radius 3 is 1.48 bits per heavy atom. The molecule has 0 saturated carbocycles. The molecule has 20 N–H and O–H groups in total. The number of hydrogen-bond acceptors (Lipinski definition) is 11. The van der Waals surface area contributed by atoms with Gasteiger partial charge in [-0.25, -0.2) is 4.79 Å². The summed E-state index contributed by atoms with van der Waals surface area (Å²) in [5.41, 5.74) is 28.7. The molecule has 0 bridgehead atoms. The van der Waals surface area contributed by atoms with E-state index >= 15 is 0 Å². The van der Waals surface area contributed by atoms with Gasteiger partial charge in [0.1, 0.15) is 24.2 Å². The normalized spacial score (nSPS) is 13.5. The number of nitrogens with two attached hydrogens (primary N) is 5. The number of carboxylic acid groups (broad SMARTS) is 1. The van der Waals surface area contributed by atoms with Gasteiger partial charge in [0.2, 0.25) is 29.5 Å². The van der Waals surface area contributed by atoms with Crippen LogP contribution in [0.2, 0.25) is 0 Å². The van der Waals surface area contributed by atoms with Crippen LogP contribution in [0.1, 0.15) is 56.9 Å². The highest BCUT2D eigenvalue weighted by molar-refractivity contribution is 5.95. The van der Waals surface area contributed by atoms with E-state index in [0.29, 0.717) is 12.8 Å². The fourth-order valence-electron chi connectivity index (χ4n) is 5.09. The van der Waals surface area contributed by atoms with Crippen molar-refractivity contribution in [1.82, 2.24) is 37.2 Å². The van der Waals surface area contributed by atoms with Crippen molar-refractivity contribution in [2.75, 3.05) is 32.7 Å². The molecule has 0 aromatic heterocycles. The molecule has 302 valence electrons. The molecular weight excluding hydrogens is 704 g/mol. The number of aliphatic carboxylic acids is 1. The molecule has 0 fully saturated rings. The Morgan fingerprint density at radius 2 is 1.04 bits per heavy atom. The number of rotatable bonds is 27. The fourth-order valence-corrected chi connectivity index (χ4v) is 5.09. The van der Waals surface area contributed by atoms with Gasteiger partial charge in [-0.05, 0) is 76.4 Å². The lowest BCUT2D eigenvalue weighted by atomic mass is 10.0. The van der Waals surface area contributed by atoms with Crippen molar-refractivity contribution in [1.29, 1.82) is 10.8 Å². The number of guanidine groups is 2. The van der Waals surface area contributed by atoms with E-state index in [-0.39, 0.29) is 83.0 Å². The number of benzene rings is 1. The fraction of sp³-hybridized carbons (Fsp3) is 0.576. The molecule has 5 atom stereocenters. The third-order valence-corrected chi connectivity index (χ3v) is 7.95. The average Bonchev–Trinajstić information content (AvgIpc) is 3.12. The van der Waals surface area contributed by atoms with Crippen LogP contribution in [0.5, 0.6) is 0 Å². The monoisotopic (exact) mass is 762 g/mol. The van der Waals surface area contributed by atoms with Crippen molar-refractivity contribution in [3.05, 3.63) is 35.9 Å². The Bertz CT molecular complexity index is 1380. The summed E-state index contributed by atoms with van der Waals surface area (Å²) in [6, 6.07) is 3.19. The second-order valence-electron chi connectivity index (χ2n) is 12.5. The van der Waals surface area contributed by atoms with E-state index in [1.54, 1.807) is 0 Å². The number of carboxylic acids is 1. The van der Waals surface area contributed by atoms with Crippen molar-refractivity contribution in [3.63, 3.8) is 0 Å². The number of amides is 5. The van der Waals surface area contributed by atoms with Crippen molar-refractivity contribution in [2.24, 2.45) is 28.7 Å². The number of carbonyl (C=O) groups is 6. The Labute approximate surface area is 314 Å². The van der Waals surface area contributed by atoms with Gasteiger partial charge >= 0.3 is 5.97 Å². The van der Waals surface area contributed by atoms with E-state index in [2.05, 4.69) is 37.2 Å². The minimum absolute atomic E-state index is 0.000743. The van der Waals surface area contributed by atoms with E-state index in [1.165, 1.54) is 0 Å². The first-order valence-electron chi connectivity index (χ1n) is 17.7. The molecule has 0 unspecified atom stereocenters. The average molecular weight is 763 g/mol. The summed E-state index contributed by atoms with van der Waals surface area (Å²) in [6.07, 6.45) is 1.48. The molecule has 0 aliphatic carbocycles. The van der Waals surface area contributed by atoms with E-state index in [0.717, 1.165) is 5.56 Å². The summed E-state index contributed by atoms with van der Waals surface area (Å²) in [5, 5.41) is 42.2. The van der Waals surface area contributed by atoms with Crippen LogP contribution < -0.4 is 65.9 Å². The van der Waals surface area contributed by atoms with Gasteiger partial charge in [0.05, 0.1) is 12.6 Å². The third kappa shape index (κ3) is 19.9. The minimum Gasteiger partial charge on any atom is -0.480 e. The maximum atomic E-state index is 13.7. The summed E-state index contributed by atoms with van der Waals surface area (Å²) < 4.78 is 0. The van der Waals surface area contributed by atoms with Crippen molar-refractivity contribution in [2.45, 2.75) is 88.0 Å². The molecule has 0 spiro atoms. The summed E-state index contributed by atoms with van der Waals surface area (Å²) in [5.74, 6) is -5.50. The van der Waals surface area contributed by atoms with Gasteiger partial charge in [-0.15, -0.1) is 0 Å². The Kier molecular flexibility index (Phi) is 22.6. The lowest BCUT2D eigenvalue weighted by molar-refractivity contribution is -0.142. The predicted octanol–water partition coefficient (Wildman–Crippen LogP) is -4.30. The molecule has 0 saturated heterocycles. The van der Waals surface area contributed by atoms with Crippen molar-refractivity contribution in [3.8, 4) is 0 Å². The van der Waals surface area contributed by atoms with Crippen molar-refractivity contribution < 1.29 is 33.9 Å². The van der Waals surface area contributed by atoms with E-state index < -0.39 is 72.3 Å². The molecule has 5 amide bonds. The quantitative estimate of drug-likeness (QED) is 0.0229. The molecule has 21 heteroatoms. The number of carbonyl (C=O) groups excluding carboxylic acids is 5. The van der Waals surface area contributed by atoms with Crippen LogP contribution in [0.3, 0.4) is 0 Å². The first kappa shape index (κ1) is 46.5. The second kappa shape index (κ2) is 26.3. The zero-order valence-corrected chi connectivity index (χ0v) is 30.5. The van der Waals surface area contributed by atoms with Crippen LogP contribution in [0, 0.1) is 10.8 Å². The largest absolute Gasteiger partial charge is 0.480 e. The summed E-state index contributed by atoms with van der Waals surface area (Å²) in [6.45, 7) is 0.232.